The van der Waals surface area contributed by atoms with Crippen LogP contribution in [0.5, 0.6) is 0 Å². The van der Waals surface area contributed by atoms with E-state index >= 15 is 0 Å². The zero-order valence-corrected chi connectivity index (χ0v) is 54.7. The van der Waals surface area contributed by atoms with Gasteiger partial charge in [-0.3, -0.25) is 4.79 Å². The molecule has 0 fully saturated rings. The van der Waals surface area contributed by atoms with Crippen LogP contribution in [0.3, 0.4) is 0 Å². The Bertz CT molecular complexity index is 1680. The summed E-state index contributed by atoms with van der Waals surface area (Å²) in [6.07, 6.45) is 113. The predicted octanol–water partition coefficient (Wildman–Crippen LogP) is 24.7. The maximum Gasteiger partial charge on any atom is 0.220 e. The molecular weight excluding hydrogens is 1010 g/mol. The van der Waals surface area contributed by atoms with Gasteiger partial charge in [0.2, 0.25) is 5.91 Å². The molecule has 0 bridgehead atoms. The van der Waals surface area contributed by atoms with Gasteiger partial charge in [0.05, 0.1) is 18.8 Å². The molecule has 3 N–H and O–H groups in total. The highest BCUT2D eigenvalue weighted by Crippen LogP contribution is 2.17. The van der Waals surface area contributed by atoms with Crippen LogP contribution in [0.1, 0.15) is 328 Å². The Labute approximate surface area is 516 Å². The molecule has 0 aliphatic carbocycles. The van der Waals surface area contributed by atoms with E-state index in [1.54, 1.807) is 6.08 Å². The van der Waals surface area contributed by atoms with Crippen molar-refractivity contribution in [2.75, 3.05) is 6.61 Å². The van der Waals surface area contributed by atoms with Crippen LogP contribution in [0.25, 0.3) is 0 Å². The molecule has 0 spiro atoms. The lowest BCUT2D eigenvalue weighted by atomic mass is 10.0. The lowest BCUT2D eigenvalue weighted by Crippen LogP contribution is -2.45. The van der Waals surface area contributed by atoms with E-state index in [-0.39, 0.29) is 12.5 Å². The summed E-state index contributed by atoms with van der Waals surface area (Å²) in [5.41, 5.74) is 0. The first-order chi connectivity index (χ1) is 41.2. The number of aliphatic hydroxyl groups is 2. The molecule has 0 aromatic heterocycles. The lowest BCUT2D eigenvalue weighted by Gasteiger charge is -2.20. The molecular formula is C79H135NO3. The fourth-order valence-electron chi connectivity index (χ4n) is 10.2. The number of amides is 1. The van der Waals surface area contributed by atoms with Crippen molar-refractivity contribution in [3.63, 3.8) is 0 Å². The summed E-state index contributed by atoms with van der Waals surface area (Å²) in [6, 6.07) is -0.641. The van der Waals surface area contributed by atoms with E-state index in [1.165, 1.54) is 199 Å². The molecule has 0 saturated heterocycles. The van der Waals surface area contributed by atoms with Crippen molar-refractivity contribution < 1.29 is 15.0 Å². The average Bonchev–Trinajstić information content (AvgIpc) is 3.51. The number of carbonyl (C=O) groups excluding carboxylic acids is 1. The van der Waals surface area contributed by atoms with E-state index in [2.05, 4.69) is 153 Å². The van der Waals surface area contributed by atoms with Gasteiger partial charge in [0.1, 0.15) is 0 Å². The number of unbranched alkanes of at least 4 members (excludes halogenated alkanes) is 35. The minimum atomic E-state index is -0.856. The zero-order valence-electron chi connectivity index (χ0n) is 54.7. The molecule has 4 nitrogen and oxygen atoms in total. The molecule has 1 amide bonds. The van der Waals surface area contributed by atoms with Crippen LogP contribution >= 0.6 is 0 Å². The van der Waals surface area contributed by atoms with Gasteiger partial charge in [-0.2, -0.15) is 0 Å². The second kappa shape index (κ2) is 72.5. The third kappa shape index (κ3) is 68.9. The van der Waals surface area contributed by atoms with Gasteiger partial charge in [-0.1, -0.05) is 365 Å². The van der Waals surface area contributed by atoms with Crippen molar-refractivity contribution in [2.24, 2.45) is 0 Å². The lowest BCUT2D eigenvalue weighted by molar-refractivity contribution is -0.123. The van der Waals surface area contributed by atoms with Crippen molar-refractivity contribution in [1.29, 1.82) is 0 Å². The minimum Gasteiger partial charge on any atom is -0.394 e. The van der Waals surface area contributed by atoms with Crippen molar-refractivity contribution >= 4 is 5.91 Å². The Morgan fingerprint density at radius 3 is 0.795 bits per heavy atom. The van der Waals surface area contributed by atoms with E-state index in [0.29, 0.717) is 6.42 Å². The quantitative estimate of drug-likeness (QED) is 0.0420. The van der Waals surface area contributed by atoms with Gasteiger partial charge in [0, 0.05) is 6.42 Å². The van der Waals surface area contributed by atoms with Crippen LogP contribution in [0, 0.1) is 0 Å². The molecule has 0 heterocycles. The molecule has 4 heteroatoms. The van der Waals surface area contributed by atoms with Gasteiger partial charge in [0.15, 0.2) is 0 Å². The smallest absolute Gasteiger partial charge is 0.220 e. The van der Waals surface area contributed by atoms with Crippen LogP contribution in [0.15, 0.2) is 146 Å². The van der Waals surface area contributed by atoms with Crippen molar-refractivity contribution in [3.05, 3.63) is 146 Å². The molecule has 0 rings (SSSR count). The summed E-state index contributed by atoms with van der Waals surface area (Å²) in [5.74, 6) is -0.0773. The third-order valence-corrected chi connectivity index (χ3v) is 15.6. The third-order valence-electron chi connectivity index (χ3n) is 15.6. The first-order valence-corrected chi connectivity index (χ1v) is 35.5. The Morgan fingerprint density at radius 2 is 0.530 bits per heavy atom. The number of hydrogen-bond acceptors (Lipinski definition) is 3. The van der Waals surface area contributed by atoms with E-state index < -0.39 is 12.1 Å². The molecule has 83 heavy (non-hydrogen) atoms. The molecule has 0 radical (unpaired) electrons. The van der Waals surface area contributed by atoms with E-state index in [0.717, 1.165) is 109 Å². The second-order valence-corrected chi connectivity index (χ2v) is 23.6. The fourth-order valence-corrected chi connectivity index (χ4v) is 10.2. The standard InChI is InChI=1S/C79H135NO3/c1-3-5-7-9-11-13-15-17-19-21-23-25-27-29-31-33-35-36-37-38-39-40-41-42-43-44-45-47-49-51-53-55-57-59-61-63-65-67-69-71-73-75-79(83)80-77(76-81)78(82)74-72-70-68-66-64-62-60-58-56-54-52-50-48-46-34-32-30-28-26-24-22-20-18-16-14-12-10-8-6-4-2/h5,7,11,13,17,19,23,25,29,31,35-36,38-39,41-42,44-45,49,51,55,57,72,74,77-78,81-82H,3-4,6,8-10,12,14-16,18,20-22,24,26-28,30,32-34,37,40,43,46-48,50,52-54,56,58-71,73,75-76H2,1-2H3,(H,80,83)/b7-5-,13-11-,19-17-,25-23-,31-29-,36-35-,39-38-,42-41-,45-44-,51-49-,57-55-,74-72+. The molecule has 0 aromatic carbocycles. The first kappa shape index (κ1) is 79.3. The van der Waals surface area contributed by atoms with Gasteiger partial charge in [-0.15, -0.1) is 0 Å². The monoisotopic (exact) mass is 1150 g/mol. The van der Waals surface area contributed by atoms with Crippen LogP contribution < -0.4 is 5.32 Å². The first-order valence-electron chi connectivity index (χ1n) is 35.5. The zero-order chi connectivity index (χ0) is 59.8. The number of rotatable bonds is 64. The molecule has 2 atom stereocenters. The van der Waals surface area contributed by atoms with Crippen LogP contribution in [0.4, 0.5) is 0 Å². The van der Waals surface area contributed by atoms with Crippen molar-refractivity contribution in [3.8, 4) is 0 Å². The molecule has 0 saturated carbocycles. The second-order valence-electron chi connectivity index (χ2n) is 23.6. The molecule has 474 valence electrons. The van der Waals surface area contributed by atoms with Crippen LogP contribution in [0.2, 0.25) is 0 Å². The van der Waals surface area contributed by atoms with E-state index in [4.69, 9.17) is 0 Å². The SMILES string of the molecule is CC/C=C\C/C=C\C/C=C\C/C=C\C/C=C\C/C=C\C/C=C\C/C=C\C/C=C\C/C=C\C/C=C\CCCCCCCCCC(=O)NC(CO)C(O)/C=C/CCCCCCCCCCCCCCCCCCCCCCCCCCCCCC. The van der Waals surface area contributed by atoms with Crippen LogP contribution in [-0.4, -0.2) is 34.9 Å². The van der Waals surface area contributed by atoms with Crippen LogP contribution in [-0.2, 0) is 4.79 Å². The summed E-state index contributed by atoms with van der Waals surface area (Å²) in [4.78, 5) is 12.5. The Balaban J connectivity index is 3.59. The number of carbonyl (C=O) groups is 1. The Hall–Kier alpha value is -3.73. The number of allylic oxidation sites excluding steroid dienone is 23. The Kier molecular flexibility index (Phi) is 69.3. The van der Waals surface area contributed by atoms with E-state index in [1.807, 2.05) is 6.08 Å². The van der Waals surface area contributed by atoms with Crippen molar-refractivity contribution in [2.45, 2.75) is 341 Å². The largest absolute Gasteiger partial charge is 0.394 e. The molecule has 0 aliphatic heterocycles. The summed E-state index contributed by atoms with van der Waals surface area (Å²) in [7, 11) is 0. The maximum absolute atomic E-state index is 12.5. The summed E-state index contributed by atoms with van der Waals surface area (Å²) in [6.45, 7) is 4.21. The Morgan fingerprint density at radius 1 is 0.301 bits per heavy atom. The summed E-state index contributed by atoms with van der Waals surface area (Å²) in [5, 5.41) is 23.3. The number of nitrogens with one attached hydrogen (secondary N) is 1. The highest BCUT2D eigenvalue weighted by molar-refractivity contribution is 5.76. The average molecular weight is 1150 g/mol. The highest BCUT2D eigenvalue weighted by atomic mass is 16.3. The van der Waals surface area contributed by atoms with Gasteiger partial charge < -0.3 is 15.5 Å². The summed E-state index contributed by atoms with van der Waals surface area (Å²) < 4.78 is 0. The van der Waals surface area contributed by atoms with Gasteiger partial charge in [-0.25, -0.2) is 0 Å². The number of aliphatic hydroxyl groups excluding tert-OH is 2. The van der Waals surface area contributed by atoms with Gasteiger partial charge in [0.25, 0.3) is 0 Å². The topological polar surface area (TPSA) is 69.6 Å². The number of hydrogen-bond donors (Lipinski definition) is 3. The van der Waals surface area contributed by atoms with Gasteiger partial charge in [-0.05, 0) is 103 Å². The fraction of sp³-hybridized carbons (Fsp3) is 0.684. The minimum absolute atomic E-state index is 0.0773. The van der Waals surface area contributed by atoms with Crippen molar-refractivity contribution in [1.82, 2.24) is 5.32 Å². The summed E-state index contributed by atoms with van der Waals surface area (Å²) >= 11 is 0. The normalized spacial score (nSPS) is 13.6. The van der Waals surface area contributed by atoms with E-state index in [9.17, 15) is 15.0 Å². The molecule has 2 unspecified atom stereocenters. The maximum atomic E-state index is 12.5. The predicted molar refractivity (Wildman–Crippen MR) is 372 cm³/mol. The molecule has 0 aliphatic rings. The highest BCUT2D eigenvalue weighted by Gasteiger charge is 2.18. The van der Waals surface area contributed by atoms with Gasteiger partial charge >= 0.3 is 0 Å². The molecule has 0 aromatic rings.